The summed E-state index contributed by atoms with van der Waals surface area (Å²) in [5.74, 6) is 1.24. The zero-order chi connectivity index (χ0) is 15.0. The van der Waals surface area contributed by atoms with Gasteiger partial charge in [0.25, 0.3) is 0 Å². The average molecular weight is 370 g/mol. The highest BCUT2D eigenvalue weighted by Crippen LogP contribution is 2.40. The Kier molecular flexibility index (Phi) is 4.11. The van der Waals surface area contributed by atoms with E-state index in [1.165, 1.54) is 0 Å². The third kappa shape index (κ3) is 2.89. The number of rotatable bonds is 2. The van der Waals surface area contributed by atoms with Gasteiger partial charge in [-0.05, 0) is 36.2 Å². The van der Waals surface area contributed by atoms with Crippen molar-refractivity contribution >= 4 is 27.5 Å². The minimum Gasteiger partial charge on any atom is -0.486 e. The van der Waals surface area contributed by atoms with Gasteiger partial charge in [-0.15, -0.1) is 0 Å². The van der Waals surface area contributed by atoms with Crippen LogP contribution in [0.15, 0.2) is 34.8 Å². The van der Waals surface area contributed by atoms with Gasteiger partial charge in [0, 0.05) is 16.1 Å². The van der Waals surface area contributed by atoms with E-state index in [9.17, 15) is 5.11 Å². The maximum absolute atomic E-state index is 10.7. The molecule has 21 heavy (non-hydrogen) atoms. The Balaban J connectivity index is 2.05. The molecular formula is C16H14BrClO3. The number of ether oxygens (including phenoxy) is 2. The first kappa shape index (κ1) is 14.7. The molecule has 0 fully saturated rings. The number of aryl methyl sites for hydroxylation is 1. The van der Waals surface area contributed by atoms with Crippen molar-refractivity contribution in [3.8, 4) is 11.5 Å². The maximum Gasteiger partial charge on any atom is 0.162 e. The second-order valence-corrected chi connectivity index (χ2v) is 6.24. The lowest BCUT2D eigenvalue weighted by Crippen LogP contribution is -2.16. The van der Waals surface area contributed by atoms with E-state index in [1.807, 2.05) is 25.1 Å². The van der Waals surface area contributed by atoms with Crippen LogP contribution in [0.4, 0.5) is 0 Å². The number of benzene rings is 2. The van der Waals surface area contributed by atoms with Crippen LogP contribution < -0.4 is 9.47 Å². The molecule has 1 aliphatic rings. The van der Waals surface area contributed by atoms with E-state index in [1.54, 1.807) is 12.1 Å². The van der Waals surface area contributed by atoms with Gasteiger partial charge in [0.2, 0.25) is 0 Å². The highest BCUT2D eigenvalue weighted by Gasteiger charge is 2.21. The van der Waals surface area contributed by atoms with Crippen molar-refractivity contribution < 1.29 is 14.6 Å². The van der Waals surface area contributed by atoms with Gasteiger partial charge in [0.1, 0.15) is 19.3 Å². The lowest BCUT2D eigenvalue weighted by atomic mass is 9.97. The Labute approximate surface area is 136 Å². The monoisotopic (exact) mass is 368 g/mol. The summed E-state index contributed by atoms with van der Waals surface area (Å²) in [6, 6.07) is 9.24. The average Bonchev–Trinajstić information content (AvgIpc) is 2.48. The second kappa shape index (κ2) is 5.87. The van der Waals surface area contributed by atoms with Gasteiger partial charge in [-0.2, -0.15) is 0 Å². The third-order valence-electron chi connectivity index (χ3n) is 3.49. The number of fused-ring (bicyclic) bond motifs is 1. The van der Waals surface area contributed by atoms with Crippen LogP contribution >= 0.6 is 27.5 Å². The summed E-state index contributed by atoms with van der Waals surface area (Å²) < 4.78 is 12.0. The first-order chi connectivity index (χ1) is 10.1. The van der Waals surface area contributed by atoms with Crippen LogP contribution in [0.25, 0.3) is 0 Å². The van der Waals surface area contributed by atoms with Crippen LogP contribution in [0.2, 0.25) is 5.02 Å². The second-order valence-electron chi connectivity index (χ2n) is 4.92. The fourth-order valence-corrected chi connectivity index (χ4v) is 3.00. The minimum absolute atomic E-state index is 0.464. The van der Waals surface area contributed by atoms with Crippen LogP contribution in [-0.4, -0.2) is 18.3 Å². The summed E-state index contributed by atoms with van der Waals surface area (Å²) in [6.45, 7) is 2.97. The van der Waals surface area contributed by atoms with E-state index in [4.69, 9.17) is 21.1 Å². The van der Waals surface area contributed by atoms with Crippen molar-refractivity contribution in [2.75, 3.05) is 13.2 Å². The van der Waals surface area contributed by atoms with Crippen molar-refractivity contribution in [3.05, 3.63) is 56.5 Å². The molecule has 3 nitrogen and oxygen atoms in total. The molecule has 0 aliphatic carbocycles. The van der Waals surface area contributed by atoms with Crippen LogP contribution in [0.1, 0.15) is 22.8 Å². The van der Waals surface area contributed by atoms with Gasteiger partial charge in [-0.3, -0.25) is 0 Å². The topological polar surface area (TPSA) is 38.7 Å². The predicted octanol–water partition coefficient (Wildman–Crippen LogP) is 4.26. The van der Waals surface area contributed by atoms with E-state index in [2.05, 4.69) is 15.9 Å². The van der Waals surface area contributed by atoms with Crippen LogP contribution in [-0.2, 0) is 0 Å². The van der Waals surface area contributed by atoms with Crippen molar-refractivity contribution in [2.24, 2.45) is 0 Å². The molecule has 1 N–H and O–H groups in total. The molecule has 1 unspecified atom stereocenters. The number of aliphatic hydroxyl groups is 1. The van der Waals surface area contributed by atoms with Gasteiger partial charge in [0.15, 0.2) is 11.5 Å². The van der Waals surface area contributed by atoms with E-state index in [0.717, 1.165) is 15.6 Å². The zero-order valence-corrected chi connectivity index (χ0v) is 13.7. The Morgan fingerprint density at radius 2 is 1.76 bits per heavy atom. The van der Waals surface area contributed by atoms with Gasteiger partial charge in [-0.1, -0.05) is 33.6 Å². The van der Waals surface area contributed by atoms with Crippen LogP contribution in [0, 0.1) is 6.92 Å². The van der Waals surface area contributed by atoms with Crippen molar-refractivity contribution in [1.29, 1.82) is 0 Å². The number of aliphatic hydroxyl groups excluding tert-OH is 1. The molecule has 2 aromatic rings. The fraction of sp³-hybridized carbons (Fsp3) is 0.250. The molecule has 0 saturated heterocycles. The number of hydrogen-bond donors (Lipinski definition) is 1. The third-order valence-corrected chi connectivity index (χ3v) is 4.31. The molecule has 3 rings (SSSR count). The number of halogens is 2. The lowest BCUT2D eigenvalue weighted by molar-refractivity contribution is 0.169. The van der Waals surface area contributed by atoms with Crippen LogP contribution in [0.5, 0.6) is 11.5 Å². The largest absolute Gasteiger partial charge is 0.486 e. The summed E-state index contributed by atoms with van der Waals surface area (Å²) in [5, 5.41) is 11.1. The van der Waals surface area contributed by atoms with Gasteiger partial charge >= 0.3 is 0 Å². The van der Waals surface area contributed by atoms with E-state index in [-0.39, 0.29) is 0 Å². The Bertz CT molecular complexity index is 687. The Morgan fingerprint density at radius 3 is 2.48 bits per heavy atom. The Hall–Kier alpha value is -1.23. The van der Waals surface area contributed by atoms with Gasteiger partial charge < -0.3 is 14.6 Å². The molecule has 0 radical (unpaired) electrons. The molecule has 5 heteroatoms. The molecule has 1 atom stereocenters. The zero-order valence-electron chi connectivity index (χ0n) is 11.4. The first-order valence-corrected chi connectivity index (χ1v) is 7.76. The normalized spacial score (nSPS) is 14.9. The van der Waals surface area contributed by atoms with E-state index >= 15 is 0 Å². The predicted molar refractivity (Wildman–Crippen MR) is 85.4 cm³/mol. The smallest absolute Gasteiger partial charge is 0.162 e. The van der Waals surface area contributed by atoms with E-state index in [0.29, 0.717) is 35.3 Å². The fourth-order valence-electron chi connectivity index (χ4n) is 2.36. The van der Waals surface area contributed by atoms with Gasteiger partial charge in [-0.25, -0.2) is 0 Å². The summed E-state index contributed by atoms with van der Waals surface area (Å²) >= 11 is 9.72. The molecule has 0 aromatic heterocycles. The molecular weight excluding hydrogens is 356 g/mol. The van der Waals surface area contributed by atoms with Crippen LogP contribution in [0.3, 0.4) is 0 Å². The quantitative estimate of drug-likeness (QED) is 0.859. The highest BCUT2D eigenvalue weighted by molar-refractivity contribution is 9.10. The Morgan fingerprint density at radius 1 is 1.10 bits per heavy atom. The van der Waals surface area contributed by atoms with Crippen molar-refractivity contribution in [1.82, 2.24) is 0 Å². The number of hydrogen-bond acceptors (Lipinski definition) is 3. The first-order valence-electron chi connectivity index (χ1n) is 6.59. The lowest BCUT2D eigenvalue weighted by Gasteiger charge is -2.22. The summed E-state index contributed by atoms with van der Waals surface area (Å²) in [5.41, 5.74) is 2.42. The standard InChI is InChI=1S/C16H14BrClO3/c1-9-2-3-10(17)6-11(9)16(19)12-7-14-15(8-13(12)18)21-5-4-20-14/h2-3,6-8,16,19H,4-5H2,1H3. The molecule has 2 aromatic carbocycles. The molecule has 0 saturated carbocycles. The molecule has 110 valence electrons. The summed E-state index contributed by atoms with van der Waals surface area (Å²) in [6.07, 6.45) is -0.814. The van der Waals surface area contributed by atoms with Gasteiger partial charge in [0.05, 0.1) is 5.02 Å². The van der Waals surface area contributed by atoms with Crippen molar-refractivity contribution in [3.63, 3.8) is 0 Å². The molecule has 1 heterocycles. The minimum atomic E-state index is -0.814. The van der Waals surface area contributed by atoms with E-state index < -0.39 is 6.10 Å². The molecule has 1 aliphatic heterocycles. The molecule has 0 spiro atoms. The summed E-state index contributed by atoms with van der Waals surface area (Å²) in [4.78, 5) is 0. The van der Waals surface area contributed by atoms with Crippen molar-refractivity contribution in [2.45, 2.75) is 13.0 Å². The SMILES string of the molecule is Cc1ccc(Br)cc1C(O)c1cc2c(cc1Cl)OCCO2. The highest BCUT2D eigenvalue weighted by atomic mass is 79.9. The summed E-state index contributed by atoms with van der Waals surface area (Å²) in [7, 11) is 0. The molecule has 0 bridgehead atoms. The maximum atomic E-state index is 10.7. The molecule has 0 amide bonds.